The maximum atomic E-state index is 11.8. The molecular weight excluding hydrogens is 304 g/mol. The summed E-state index contributed by atoms with van der Waals surface area (Å²) in [5.74, 6) is -0.0329. The molecule has 0 saturated heterocycles. The van der Waals surface area contributed by atoms with Gasteiger partial charge in [-0.2, -0.15) is 0 Å². The lowest BCUT2D eigenvalue weighted by Crippen LogP contribution is -2.36. The fraction of sp³-hybridized carbons (Fsp3) is 0.500. The van der Waals surface area contributed by atoms with Gasteiger partial charge in [-0.3, -0.25) is 9.59 Å². The van der Waals surface area contributed by atoms with Crippen molar-refractivity contribution in [3.05, 3.63) is 28.8 Å². The van der Waals surface area contributed by atoms with Crippen LogP contribution < -0.4 is 15.8 Å². The zero-order valence-corrected chi connectivity index (χ0v) is 13.9. The number of benzene rings is 1. The van der Waals surface area contributed by atoms with Gasteiger partial charge in [0.25, 0.3) is 11.8 Å². The third kappa shape index (κ3) is 6.35. The van der Waals surface area contributed by atoms with E-state index in [0.717, 1.165) is 12.8 Å². The van der Waals surface area contributed by atoms with Crippen molar-refractivity contribution < 1.29 is 14.3 Å². The highest BCUT2D eigenvalue weighted by molar-refractivity contribution is 6.31. The van der Waals surface area contributed by atoms with Gasteiger partial charge < -0.3 is 15.8 Å². The lowest BCUT2D eigenvalue weighted by atomic mass is 10.0. The van der Waals surface area contributed by atoms with Gasteiger partial charge in [0.05, 0.1) is 5.56 Å². The molecule has 1 aromatic carbocycles. The highest BCUT2D eigenvalue weighted by Gasteiger charge is 2.13. The summed E-state index contributed by atoms with van der Waals surface area (Å²) in [4.78, 5) is 23.2. The molecule has 2 amide bonds. The molecular formula is C16H23ClN2O3. The molecule has 0 unspecified atom stereocenters. The Morgan fingerprint density at radius 2 is 1.95 bits per heavy atom. The first-order valence-electron chi connectivity index (χ1n) is 7.31. The molecule has 1 atom stereocenters. The molecule has 0 aliphatic rings. The summed E-state index contributed by atoms with van der Waals surface area (Å²) in [7, 11) is 0. The van der Waals surface area contributed by atoms with E-state index in [9.17, 15) is 9.59 Å². The molecule has 6 heteroatoms. The van der Waals surface area contributed by atoms with Crippen molar-refractivity contribution >= 4 is 23.4 Å². The van der Waals surface area contributed by atoms with Crippen LogP contribution in [0, 0.1) is 5.92 Å². The molecule has 0 radical (unpaired) electrons. The number of amides is 2. The topological polar surface area (TPSA) is 81.4 Å². The Balaban J connectivity index is 2.52. The Kier molecular flexibility index (Phi) is 7.18. The Bertz CT molecular complexity index is 532. The van der Waals surface area contributed by atoms with E-state index in [0.29, 0.717) is 10.9 Å². The van der Waals surface area contributed by atoms with E-state index >= 15 is 0 Å². The highest BCUT2D eigenvalue weighted by atomic mass is 35.5. The van der Waals surface area contributed by atoms with E-state index in [1.165, 1.54) is 12.1 Å². The van der Waals surface area contributed by atoms with Crippen LogP contribution in [0.2, 0.25) is 5.02 Å². The van der Waals surface area contributed by atoms with Gasteiger partial charge in [-0.05, 0) is 43.9 Å². The number of hydrogen-bond acceptors (Lipinski definition) is 3. The number of halogens is 1. The Morgan fingerprint density at radius 1 is 1.27 bits per heavy atom. The zero-order valence-electron chi connectivity index (χ0n) is 13.2. The summed E-state index contributed by atoms with van der Waals surface area (Å²) in [6, 6.07) is 4.60. The fourth-order valence-corrected chi connectivity index (χ4v) is 2.11. The van der Waals surface area contributed by atoms with Crippen molar-refractivity contribution in [3.63, 3.8) is 0 Å². The van der Waals surface area contributed by atoms with Crippen LogP contribution in [0.15, 0.2) is 18.2 Å². The maximum Gasteiger partial charge on any atom is 0.258 e. The third-order valence-corrected chi connectivity index (χ3v) is 3.39. The zero-order chi connectivity index (χ0) is 16.7. The van der Waals surface area contributed by atoms with Crippen LogP contribution in [-0.4, -0.2) is 24.5 Å². The normalized spacial score (nSPS) is 12.0. The number of carbonyl (C=O) groups excluding carboxylic acids is 2. The number of rotatable bonds is 8. The second-order valence-electron chi connectivity index (χ2n) is 5.73. The average Bonchev–Trinajstić information content (AvgIpc) is 2.43. The number of carbonyl (C=O) groups is 2. The van der Waals surface area contributed by atoms with Crippen molar-refractivity contribution in [2.75, 3.05) is 6.61 Å². The van der Waals surface area contributed by atoms with Crippen LogP contribution in [0.25, 0.3) is 0 Å². The van der Waals surface area contributed by atoms with E-state index in [1.54, 1.807) is 6.07 Å². The summed E-state index contributed by atoms with van der Waals surface area (Å²) >= 11 is 5.81. The first kappa shape index (κ1) is 18.3. The second kappa shape index (κ2) is 8.63. The van der Waals surface area contributed by atoms with E-state index in [-0.39, 0.29) is 29.9 Å². The first-order chi connectivity index (χ1) is 10.3. The quantitative estimate of drug-likeness (QED) is 0.770. The van der Waals surface area contributed by atoms with Crippen LogP contribution in [0.1, 0.15) is 44.0 Å². The van der Waals surface area contributed by atoms with Gasteiger partial charge in [0.2, 0.25) is 0 Å². The Hall–Kier alpha value is -1.75. The monoisotopic (exact) mass is 326 g/mol. The number of hydrogen-bond donors (Lipinski definition) is 2. The molecule has 0 bridgehead atoms. The summed E-state index contributed by atoms with van der Waals surface area (Å²) in [6.45, 7) is 6.07. The van der Waals surface area contributed by atoms with Crippen LogP contribution in [-0.2, 0) is 4.79 Å². The van der Waals surface area contributed by atoms with Crippen molar-refractivity contribution in [1.82, 2.24) is 5.32 Å². The van der Waals surface area contributed by atoms with E-state index in [2.05, 4.69) is 19.2 Å². The van der Waals surface area contributed by atoms with Crippen LogP contribution >= 0.6 is 11.6 Å². The number of nitrogens with one attached hydrogen (secondary N) is 1. The molecule has 122 valence electrons. The SMILES string of the molecule is CC(C)CC[C@H](C)NC(=O)COc1ccc(Cl)cc1C(N)=O. The summed E-state index contributed by atoms with van der Waals surface area (Å²) in [5, 5.41) is 3.24. The lowest BCUT2D eigenvalue weighted by Gasteiger charge is -2.16. The number of primary amides is 1. The number of nitrogens with two attached hydrogens (primary N) is 1. The van der Waals surface area contributed by atoms with Crippen molar-refractivity contribution in [1.29, 1.82) is 0 Å². The summed E-state index contributed by atoms with van der Waals surface area (Å²) in [5.41, 5.74) is 5.42. The van der Waals surface area contributed by atoms with Crippen LogP contribution in [0.4, 0.5) is 0 Å². The van der Waals surface area contributed by atoms with Gasteiger partial charge in [0, 0.05) is 11.1 Å². The van der Waals surface area contributed by atoms with Gasteiger partial charge in [-0.1, -0.05) is 25.4 Å². The molecule has 0 saturated carbocycles. The highest BCUT2D eigenvalue weighted by Crippen LogP contribution is 2.22. The average molecular weight is 327 g/mol. The van der Waals surface area contributed by atoms with Crippen molar-refractivity contribution in [3.8, 4) is 5.75 Å². The molecule has 0 spiro atoms. The molecule has 0 aromatic heterocycles. The molecule has 0 fully saturated rings. The van der Waals surface area contributed by atoms with E-state index in [1.807, 2.05) is 6.92 Å². The van der Waals surface area contributed by atoms with Crippen molar-refractivity contribution in [2.24, 2.45) is 11.7 Å². The second-order valence-corrected chi connectivity index (χ2v) is 6.17. The van der Waals surface area contributed by atoms with Crippen LogP contribution in [0.3, 0.4) is 0 Å². The molecule has 0 heterocycles. The minimum absolute atomic E-state index is 0.0827. The van der Waals surface area contributed by atoms with Crippen LogP contribution in [0.5, 0.6) is 5.75 Å². The molecule has 0 aliphatic carbocycles. The van der Waals surface area contributed by atoms with E-state index in [4.69, 9.17) is 22.1 Å². The first-order valence-corrected chi connectivity index (χ1v) is 7.69. The summed E-state index contributed by atoms with van der Waals surface area (Å²) < 4.78 is 5.37. The van der Waals surface area contributed by atoms with Crippen molar-refractivity contribution in [2.45, 2.75) is 39.7 Å². The standard InChI is InChI=1S/C16H23ClN2O3/c1-10(2)4-5-11(3)19-15(20)9-22-14-7-6-12(17)8-13(14)16(18)21/h6-8,10-11H,4-5,9H2,1-3H3,(H2,18,21)(H,19,20)/t11-/m0/s1. The molecule has 1 rings (SSSR count). The molecule has 5 nitrogen and oxygen atoms in total. The minimum atomic E-state index is -0.650. The molecule has 0 aliphatic heterocycles. The van der Waals surface area contributed by atoms with Gasteiger partial charge in [-0.15, -0.1) is 0 Å². The molecule has 22 heavy (non-hydrogen) atoms. The lowest BCUT2D eigenvalue weighted by molar-refractivity contribution is -0.123. The molecule has 3 N–H and O–H groups in total. The largest absolute Gasteiger partial charge is 0.483 e. The van der Waals surface area contributed by atoms with Gasteiger partial charge in [0.1, 0.15) is 5.75 Å². The van der Waals surface area contributed by atoms with Gasteiger partial charge >= 0.3 is 0 Å². The van der Waals surface area contributed by atoms with Gasteiger partial charge in [-0.25, -0.2) is 0 Å². The summed E-state index contributed by atoms with van der Waals surface area (Å²) in [6.07, 6.45) is 1.96. The fourth-order valence-electron chi connectivity index (χ4n) is 1.94. The predicted molar refractivity (Wildman–Crippen MR) is 87.1 cm³/mol. The van der Waals surface area contributed by atoms with E-state index < -0.39 is 5.91 Å². The third-order valence-electron chi connectivity index (χ3n) is 3.15. The predicted octanol–water partition coefficient (Wildman–Crippen LogP) is 2.76. The van der Waals surface area contributed by atoms with Gasteiger partial charge in [0.15, 0.2) is 6.61 Å². The Morgan fingerprint density at radius 3 is 2.55 bits per heavy atom. The Labute approximate surface area is 136 Å². The minimum Gasteiger partial charge on any atom is -0.483 e. The smallest absolute Gasteiger partial charge is 0.258 e. The molecule has 1 aromatic rings. The number of ether oxygens (including phenoxy) is 1. The maximum absolute atomic E-state index is 11.8.